The van der Waals surface area contributed by atoms with Crippen LogP contribution in [0.1, 0.15) is 33.1 Å². The average Bonchev–Trinajstić information content (AvgIpc) is 3.18. The molecule has 0 unspecified atom stereocenters. The van der Waals surface area contributed by atoms with Crippen molar-refractivity contribution >= 4 is 11.8 Å². The molecule has 0 bridgehead atoms. The molecule has 3 aromatic rings. The molecule has 7 nitrogen and oxygen atoms in total. The molecule has 0 fully saturated rings. The maximum Gasteiger partial charge on any atom is 0.273 e. The molecule has 3 rings (SSSR count). The number of carbonyl (C=O) groups is 2. The second-order valence-electron chi connectivity index (χ2n) is 5.97. The zero-order valence-electron chi connectivity index (χ0n) is 14.9. The van der Waals surface area contributed by atoms with E-state index in [-0.39, 0.29) is 12.3 Å². The number of benzene rings is 1. The van der Waals surface area contributed by atoms with Gasteiger partial charge in [0.1, 0.15) is 5.76 Å². The van der Waals surface area contributed by atoms with Crippen LogP contribution in [0.25, 0.3) is 5.69 Å². The monoisotopic (exact) mass is 352 g/mol. The molecule has 0 radical (unpaired) electrons. The number of amides is 2. The largest absolute Gasteiger partial charge is 0.469 e. The minimum absolute atomic E-state index is 0.120. The first-order chi connectivity index (χ1) is 12.5. The van der Waals surface area contributed by atoms with Gasteiger partial charge in [0.15, 0.2) is 0 Å². The van der Waals surface area contributed by atoms with E-state index in [0.29, 0.717) is 11.3 Å². The van der Waals surface area contributed by atoms with Crippen molar-refractivity contribution in [3.8, 4) is 5.69 Å². The maximum atomic E-state index is 12.2. The average molecular weight is 352 g/mol. The van der Waals surface area contributed by atoms with Crippen LogP contribution in [0.3, 0.4) is 0 Å². The summed E-state index contributed by atoms with van der Waals surface area (Å²) in [5, 5.41) is 4.52. The number of hydrogen-bond acceptors (Lipinski definition) is 4. The Kier molecular flexibility index (Phi) is 4.88. The Bertz CT molecular complexity index is 941. The third-order valence-corrected chi connectivity index (χ3v) is 4.20. The first kappa shape index (κ1) is 17.5. The smallest absolute Gasteiger partial charge is 0.273 e. The standard InChI is InChI=1S/C19H20N4O3/c1-12-17(13(2)23(22-12)15-7-5-4-6-8-15)11-18(24)20-21-19(25)16-9-10-26-14(16)3/h4-10H,11H2,1-3H3,(H,20,24)(H,21,25). The van der Waals surface area contributed by atoms with Gasteiger partial charge in [-0.05, 0) is 39.0 Å². The number of rotatable bonds is 4. The van der Waals surface area contributed by atoms with Gasteiger partial charge in [0.25, 0.3) is 5.91 Å². The van der Waals surface area contributed by atoms with Gasteiger partial charge < -0.3 is 4.42 Å². The number of furan rings is 1. The Morgan fingerprint density at radius 2 is 1.81 bits per heavy atom. The Hall–Kier alpha value is -3.35. The number of para-hydroxylation sites is 1. The van der Waals surface area contributed by atoms with Crippen molar-refractivity contribution in [2.75, 3.05) is 0 Å². The maximum absolute atomic E-state index is 12.2. The van der Waals surface area contributed by atoms with Crippen LogP contribution < -0.4 is 10.9 Å². The van der Waals surface area contributed by atoms with Gasteiger partial charge in [-0.3, -0.25) is 20.4 Å². The molecule has 2 heterocycles. The lowest BCUT2D eigenvalue weighted by Crippen LogP contribution is -2.42. The molecule has 0 atom stereocenters. The van der Waals surface area contributed by atoms with Gasteiger partial charge in [-0.1, -0.05) is 18.2 Å². The lowest BCUT2D eigenvalue weighted by atomic mass is 10.1. The second-order valence-corrected chi connectivity index (χ2v) is 5.97. The fourth-order valence-corrected chi connectivity index (χ4v) is 2.77. The minimum Gasteiger partial charge on any atom is -0.469 e. The molecule has 1 aromatic carbocycles. The predicted molar refractivity (Wildman–Crippen MR) is 95.8 cm³/mol. The van der Waals surface area contributed by atoms with E-state index in [1.807, 2.05) is 48.9 Å². The van der Waals surface area contributed by atoms with Gasteiger partial charge in [-0.15, -0.1) is 0 Å². The van der Waals surface area contributed by atoms with Crippen molar-refractivity contribution in [3.05, 3.63) is 70.9 Å². The Labute approximate surface area is 151 Å². The normalized spacial score (nSPS) is 10.6. The SMILES string of the molecule is Cc1nn(-c2ccccc2)c(C)c1CC(=O)NNC(=O)c1ccoc1C. The van der Waals surface area contributed by atoms with Crippen LogP contribution in [0.5, 0.6) is 0 Å². The Morgan fingerprint density at radius 1 is 1.08 bits per heavy atom. The molecule has 2 amide bonds. The summed E-state index contributed by atoms with van der Waals surface area (Å²) in [4.78, 5) is 24.2. The third kappa shape index (κ3) is 3.51. The van der Waals surface area contributed by atoms with Crippen molar-refractivity contribution in [1.29, 1.82) is 0 Å². The van der Waals surface area contributed by atoms with Gasteiger partial charge in [0.05, 0.1) is 29.6 Å². The molecule has 0 aliphatic carbocycles. The molecule has 0 saturated heterocycles. The molecule has 7 heteroatoms. The first-order valence-corrected chi connectivity index (χ1v) is 8.21. The van der Waals surface area contributed by atoms with Crippen LogP contribution >= 0.6 is 0 Å². The summed E-state index contributed by atoms with van der Waals surface area (Å²) in [6, 6.07) is 11.3. The summed E-state index contributed by atoms with van der Waals surface area (Å²) < 4.78 is 6.89. The van der Waals surface area contributed by atoms with E-state index >= 15 is 0 Å². The van der Waals surface area contributed by atoms with Gasteiger partial charge >= 0.3 is 0 Å². The highest BCUT2D eigenvalue weighted by molar-refractivity contribution is 5.96. The topological polar surface area (TPSA) is 89.2 Å². The summed E-state index contributed by atoms with van der Waals surface area (Å²) in [6.07, 6.45) is 1.55. The molecular formula is C19H20N4O3. The van der Waals surface area contributed by atoms with Crippen LogP contribution in [0.2, 0.25) is 0 Å². The zero-order chi connectivity index (χ0) is 18.7. The summed E-state index contributed by atoms with van der Waals surface area (Å²) in [6.45, 7) is 5.47. The van der Waals surface area contributed by atoms with Gasteiger partial charge in [0, 0.05) is 11.3 Å². The first-order valence-electron chi connectivity index (χ1n) is 8.21. The number of aryl methyl sites for hydroxylation is 2. The number of nitrogens with zero attached hydrogens (tertiary/aromatic N) is 2. The quantitative estimate of drug-likeness (QED) is 0.706. The molecule has 0 saturated carbocycles. The minimum atomic E-state index is -0.418. The summed E-state index contributed by atoms with van der Waals surface area (Å²) in [7, 11) is 0. The molecule has 2 N–H and O–H groups in total. The fourth-order valence-electron chi connectivity index (χ4n) is 2.77. The van der Waals surface area contributed by atoms with Crippen LogP contribution in [0, 0.1) is 20.8 Å². The van der Waals surface area contributed by atoms with Crippen LogP contribution in [0.15, 0.2) is 47.1 Å². The number of hydrazine groups is 1. The van der Waals surface area contributed by atoms with E-state index < -0.39 is 5.91 Å². The van der Waals surface area contributed by atoms with E-state index in [9.17, 15) is 9.59 Å². The molecule has 2 aromatic heterocycles. The number of nitrogens with one attached hydrogen (secondary N) is 2. The van der Waals surface area contributed by atoms with E-state index in [0.717, 1.165) is 22.6 Å². The third-order valence-electron chi connectivity index (χ3n) is 4.20. The fraction of sp³-hybridized carbons (Fsp3) is 0.211. The van der Waals surface area contributed by atoms with E-state index in [2.05, 4.69) is 16.0 Å². The molecule has 134 valence electrons. The van der Waals surface area contributed by atoms with Crippen LogP contribution in [-0.4, -0.2) is 21.6 Å². The number of aromatic nitrogens is 2. The van der Waals surface area contributed by atoms with E-state index in [4.69, 9.17) is 4.42 Å². The van der Waals surface area contributed by atoms with E-state index in [1.165, 1.54) is 6.26 Å². The summed E-state index contributed by atoms with van der Waals surface area (Å²) in [5.74, 6) is -0.246. The van der Waals surface area contributed by atoms with Crippen LogP contribution in [-0.2, 0) is 11.2 Å². The summed E-state index contributed by atoms with van der Waals surface area (Å²) in [5.41, 5.74) is 8.65. The molecule has 0 spiro atoms. The lowest BCUT2D eigenvalue weighted by molar-refractivity contribution is -0.121. The highest BCUT2D eigenvalue weighted by atomic mass is 16.3. The highest BCUT2D eigenvalue weighted by Gasteiger charge is 2.17. The van der Waals surface area contributed by atoms with Crippen molar-refractivity contribution < 1.29 is 14.0 Å². The zero-order valence-corrected chi connectivity index (χ0v) is 14.9. The number of hydrogen-bond donors (Lipinski definition) is 2. The predicted octanol–water partition coefficient (Wildman–Crippen LogP) is 2.39. The van der Waals surface area contributed by atoms with Crippen molar-refractivity contribution in [1.82, 2.24) is 20.6 Å². The molecular weight excluding hydrogens is 332 g/mol. The number of carbonyl (C=O) groups excluding carboxylic acids is 2. The van der Waals surface area contributed by atoms with Crippen molar-refractivity contribution in [2.24, 2.45) is 0 Å². The second kappa shape index (κ2) is 7.26. The highest BCUT2D eigenvalue weighted by Crippen LogP contribution is 2.18. The van der Waals surface area contributed by atoms with Gasteiger partial charge in [-0.25, -0.2) is 4.68 Å². The van der Waals surface area contributed by atoms with Gasteiger partial charge in [0.2, 0.25) is 5.91 Å². The van der Waals surface area contributed by atoms with Crippen LogP contribution in [0.4, 0.5) is 0 Å². The Morgan fingerprint density at radius 3 is 2.46 bits per heavy atom. The van der Waals surface area contributed by atoms with E-state index in [1.54, 1.807) is 13.0 Å². The molecule has 26 heavy (non-hydrogen) atoms. The molecule has 0 aliphatic heterocycles. The van der Waals surface area contributed by atoms with Crippen molar-refractivity contribution in [3.63, 3.8) is 0 Å². The molecule has 0 aliphatic rings. The summed E-state index contributed by atoms with van der Waals surface area (Å²) >= 11 is 0. The van der Waals surface area contributed by atoms with Crippen molar-refractivity contribution in [2.45, 2.75) is 27.2 Å². The Balaban J connectivity index is 1.67. The van der Waals surface area contributed by atoms with Gasteiger partial charge in [-0.2, -0.15) is 5.10 Å². The lowest BCUT2D eigenvalue weighted by Gasteiger charge is -2.08.